The number of piperazine rings is 1. The van der Waals surface area contributed by atoms with Crippen molar-refractivity contribution >= 4 is 32.6 Å². The first-order valence-electron chi connectivity index (χ1n) is 9.40. The molecule has 3 aromatic rings. The standard InChI is InChI=1S/C21H21N3O3S/c1-13-9-14(2)19-18(10-13)28-21(22-19)24-7-5-23(6-8-24)20(25)15-3-4-16-17(11-15)27-12-26-16/h3-4,9-11H,5-8,12H2,1-2H3. The number of carbonyl (C=O) groups excluding carboxylic acids is 1. The Balaban J connectivity index is 1.30. The van der Waals surface area contributed by atoms with E-state index in [1.807, 2.05) is 4.90 Å². The second kappa shape index (κ2) is 6.67. The van der Waals surface area contributed by atoms with Gasteiger partial charge in [0.2, 0.25) is 6.79 Å². The van der Waals surface area contributed by atoms with Gasteiger partial charge < -0.3 is 19.3 Å². The molecule has 0 saturated carbocycles. The molecule has 2 aromatic carbocycles. The maximum atomic E-state index is 12.9. The van der Waals surface area contributed by atoms with Gasteiger partial charge in [0.25, 0.3) is 5.91 Å². The number of aryl methyl sites for hydroxylation is 2. The highest BCUT2D eigenvalue weighted by Crippen LogP contribution is 2.34. The molecule has 1 aromatic heterocycles. The van der Waals surface area contributed by atoms with Gasteiger partial charge in [-0.15, -0.1) is 0 Å². The van der Waals surface area contributed by atoms with E-state index in [1.165, 1.54) is 15.8 Å². The number of amides is 1. The van der Waals surface area contributed by atoms with Crippen LogP contribution in [-0.4, -0.2) is 48.8 Å². The van der Waals surface area contributed by atoms with E-state index in [-0.39, 0.29) is 12.7 Å². The highest BCUT2D eigenvalue weighted by atomic mass is 32.1. The average Bonchev–Trinajstić information content (AvgIpc) is 3.33. The molecule has 6 nitrogen and oxygen atoms in total. The minimum Gasteiger partial charge on any atom is -0.454 e. The third-order valence-corrected chi connectivity index (χ3v) is 6.34. The molecular weight excluding hydrogens is 374 g/mol. The smallest absolute Gasteiger partial charge is 0.254 e. The van der Waals surface area contributed by atoms with Crippen LogP contribution < -0.4 is 14.4 Å². The molecular formula is C21H21N3O3S. The van der Waals surface area contributed by atoms with Crippen LogP contribution in [0.25, 0.3) is 10.2 Å². The minimum atomic E-state index is 0.0359. The van der Waals surface area contributed by atoms with Gasteiger partial charge >= 0.3 is 0 Å². The van der Waals surface area contributed by atoms with Crippen molar-refractivity contribution in [1.82, 2.24) is 9.88 Å². The molecule has 1 fully saturated rings. The van der Waals surface area contributed by atoms with Gasteiger partial charge in [0.1, 0.15) is 0 Å². The van der Waals surface area contributed by atoms with Crippen LogP contribution in [0, 0.1) is 13.8 Å². The van der Waals surface area contributed by atoms with E-state index in [9.17, 15) is 4.79 Å². The molecule has 0 N–H and O–H groups in total. The molecule has 0 aliphatic carbocycles. The quantitative estimate of drug-likeness (QED) is 0.664. The van der Waals surface area contributed by atoms with Crippen molar-refractivity contribution < 1.29 is 14.3 Å². The molecule has 1 amide bonds. The monoisotopic (exact) mass is 395 g/mol. The Morgan fingerprint density at radius 3 is 2.64 bits per heavy atom. The van der Waals surface area contributed by atoms with Gasteiger partial charge in [0, 0.05) is 31.7 Å². The Hall–Kier alpha value is -2.80. The predicted molar refractivity (Wildman–Crippen MR) is 110 cm³/mol. The Morgan fingerprint density at radius 1 is 1.04 bits per heavy atom. The van der Waals surface area contributed by atoms with E-state index in [0.29, 0.717) is 30.2 Å². The van der Waals surface area contributed by atoms with Gasteiger partial charge in [-0.3, -0.25) is 4.79 Å². The van der Waals surface area contributed by atoms with E-state index < -0.39 is 0 Å². The summed E-state index contributed by atoms with van der Waals surface area (Å²) in [7, 11) is 0. The molecule has 0 radical (unpaired) electrons. The summed E-state index contributed by atoms with van der Waals surface area (Å²) in [5.74, 6) is 1.38. The number of fused-ring (bicyclic) bond motifs is 2. The van der Waals surface area contributed by atoms with Gasteiger partial charge in [-0.1, -0.05) is 17.4 Å². The second-order valence-corrected chi connectivity index (χ2v) is 8.28. The molecule has 7 heteroatoms. The first-order chi connectivity index (χ1) is 13.6. The summed E-state index contributed by atoms with van der Waals surface area (Å²) >= 11 is 1.73. The number of aromatic nitrogens is 1. The summed E-state index contributed by atoms with van der Waals surface area (Å²) in [5, 5.41) is 1.04. The number of thiazole rings is 1. The zero-order valence-electron chi connectivity index (χ0n) is 15.9. The van der Waals surface area contributed by atoms with Crippen LogP contribution in [0.15, 0.2) is 30.3 Å². The number of nitrogens with zero attached hydrogens (tertiary/aromatic N) is 3. The molecule has 0 unspecified atom stereocenters. The van der Waals surface area contributed by atoms with Crippen LogP contribution in [-0.2, 0) is 0 Å². The molecule has 2 aliphatic heterocycles. The number of rotatable bonds is 2. The molecule has 0 atom stereocenters. The summed E-state index contributed by atoms with van der Waals surface area (Å²) in [6.45, 7) is 7.38. The van der Waals surface area contributed by atoms with Crippen molar-refractivity contribution in [3.63, 3.8) is 0 Å². The fraction of sp³-hybridized carbons (Fsp3) is 0.333. The van der Waals surface area contributed by atoms with Crippen molar-refractivity contribution in [3.8, 4) is 11.5 Å². The maximum Gasteiger partial charge on any atom is 0.254 e. The molecule has 0 bridgehead atoms. The van der Waals surface area contributed by atoms with Crippen LogP contribution in [0.5, 0.6) is 11.5 Å². The molecule has 28 heavy (non-hydrogen) atoms. The van der Waals surface area contributed by atoms with Crippen molar-refractivity contribution in [2.45, 2.75) is 13.8 Å². The number of anilines is 1. The molecule has 5 rings (SSSR count). The first-order valence-corrected chi connectivity index (χ1v) is 10.2. The maximum absolute atomic E-state index is 12.9. The lowest BCUT2D eigenvalue weighted by Crippen LogP contribution is -2.48. The SMILES string of the molecule is Cc1cc(C)c2nc(N3CCN(C(=O)c4ccc5c(c4)OCO5)CC3)sc2c1. The van der Waals surface area contributed by atoms with E-state index in [2.05, 4.69) is 30.9 Å². The third kappa shape index (κ3) is 2.96. The Bertz CT molecular complexity index is 1070. The number of ether oxygens (including phenoxy) is 2. The van der Waals surface area contributed by atoms with Gasteiger partial charge in [0.15, 0.2) is 16.6 Å². The van der Waals surface area contributed by atoms with Crippen molar-refractivity contribution in [2.75, 3.05) is 37.9 Å². The topological polar surface area (TPSA) is 54.9 Å². The lowest BCUT2D eigenvalue weighted by atomic mass is 10.1. The zero-order chi connectivity index (χ0) is 19.3. The van der Waals surface area contributed by atoms with Crippen LogP contribution in [0.3, 0.4) is 0 Å². The summed E-state index contributed by atoms with van der Waals surface area (Å²) in [5.41, 5.74) is 4.21. The number of hydrogen-bond acceptors (Lipinski definition) is 6. The molecule has 144 valence electrons. The lowest BCUT2D eigenvalue weighted by Gasteiger charge is -2.34. The fourth-order valence-corrected chi connectivity index (χ4v) is 5.00. The third-order valence-electron chi connectivity index (χ3n) is 5.28. The van der Waals surface area contributed by atoms with Gasteiger partial charge in [0.05, 0.1) is 10.2 Å². The van der Waals surface area contributed by atoms with Crippen LogP contribution >= 0.6 is 11.3 Å². The molecule has 0 spiro atoms. The number of hydrogen-bond donors (Lipinski definition) is 0. The Morgan fingerprint density at radius 2 is 1.82 bits per heavy atom. The van der Waals surface area contributed by atoms with Crippen LogP contribution in [0.2, 0.25) is 0 Å². The van der Waals surface area contributed by atoms with Gasteiger partial charge in [-0.25, -0.2) is 4.98 Å². The van der Waals surface area contributed by atoms with E-state index in [1.54, 1.807) is 29.5 Å². The highest BCUT2D eigenvalue weighted by molar-refractivity contribution is 7.22. The summed E-state index contributed by atoms with van der Waals surface area (Å²) in [4.78, 5) is 21.9. The average molecular weight is 395 g/mol. The summed E-state index contributed by atoms with van der Waals surface area (Å²) in [6.07, 6.45) is 0. The second-order valence-electron chi connectivity index (χ2n) is 7.27. The van der Waals surface area contributed by atoms with Crippen molar-refractivity contribution in [1.29, 1.82) is 0 Å². The van der Waals surface area contributed by atoms with Crippen LogP contribution in [0.1, 0.15) is 21.5 Å². The molecule has 2 aliphatic rings. The normalized spacial score (nSPS) is 16.1. The highest BCUT2D eigenvalue weighted by Gasteiger charge is 2.25. The van der Waals surface area contributed by atoms with Crippen molar-refractivity contribution in [2.24, 2.45) is 0 Å². The largest absolute Gasteiger partial charge is 0.454 e. The first kappa shape index (κ1) is 17.3. The lowest BCUT2D eigenvalue weighted by molar-refractivity contribution is 0.0746. The zero-order valence-corrected chi connectivity index (χ0v) is 16.7. The summed E-state index contributed by atoms with van der Waals surface area (Å²) < 4.78 is 11.9. The Labute approximate surface area is 167 Å². The van der Waals surface area contributed by atoms with E-state index in [4.69, 9.17) is 14.5 Å². The van der Waals surface area contributed by atoms with Gasteiger partial charge in [-0.2, -0.15) is 0 Å². The predicted octanol–water partition coefficient (Wildman–Crippen LogP) is 3.60. The van der Waals surface area contributed by atoms with E-state index in [0.717, 1.165) is 23.7 Å². The van der Waals surface area contributed by atoms with Gasteiger partial charge in [-0.05, 0) is 49.2 Å². The molecule has 1 saturated heterocycles. The number of carbonyl (C=O) groups is 1. The fourth-order valence-electron chi connectivity index (χ4n) is 3.81. The minimum absolute atomic E-state index is 0.0359. The van der Waals surface area contributed by atoms with E-state index >= 15 is 0 Å². The Kier molecular flexibility index (Phi) is 4.12. The van der Waals surface area contributed by atoms with Crippen molar-refractivity contribution in [3.05, 3.63) is 47.0 Å². The number of benzene rings is 2. The molecule has 3 heterocycles. The van der Waals surface area contributed by atoms with Crippen LogP contribution in [0.4, 0.5) is 5.13 Å². The summed E-state index contributed by atoms with van der Waals surface area (Å²) in [6, 6.07) is 9.75.